The number of aromatic nitrogens is 2. The van der Waals surface area contributed by atoms with Gasteiger partial charge >= 0.3 is 0 Å². The molecule has 27 heavy (non-hydrogen) atoms. The van der Waals surface area contributed by atoms with Gasteiger partial charge in [-0.3, -0.25) is 4.21 Å². The number of hydrogen-bond donors (Lipinski definition) is 0. The Morgan fingerprint density at radius 2 is 2.04 bits per heavy atom. The van der Waals surface area contributed by atoms with E-state index in [0.29, 0.717) is 12.0 Å². The highest BCUT2D eigenvalue weighted by atomic mass is 32.2. The summed E-state index contributed by atoms with van der Waals surface area (Å²) in [6.07, 6.45) is 13.7. The number of pyridine rings is 1. The maximum absolute atomic E-state index is 12.3. The van der Waals surface area contributed by atoms with Gasteiger partial charge in [0.15, 0.2) is 0 Å². The van der Waals surface area contributed by atoms with Crippen molar-refractivity contribution in [1.82, 2.24) is 14.5 Å². The average molecular weight is 385 g/mol. The fraction of sp³-hybridized carbons (Fsp3) is 0.524. The second-order valence-electron chi connectivity index (χ2n) is 8.01. The van der Waals surface area contributed by atoms with Crippen LogP contribution < -0.4 is 0 Å². The molecule has 2 unspecified atom stereocenters. The fourth-order valence-corrected chi connectivity index (χ4v) is 5.03. The molecule has 1 saturated carbocycles. The van der Waals surface area contributed by atoms with Gasteiger partial charge in [-0.05, 0) is 43.4 Å². The highest BCUT2D eigenvalue weighted by Gasteiger charge is 2.32. The summed E-state index contributed by atoms with van der Waals surface area (Å²) in [4.78, 5) is 6.84. The van der Waals surface area contributed by atoms with Crippen LogP contribution in [0.5, 0.6) is 0 Å². The van der Waals surface area contributed by atoms with Crippen LogP contribution in [0.25, 0.3) is 5.52 Å². The fourth-order valence-electron chi connectivity index (χ4n) is 4.38. The van der Waals surface area contributed by atoms with Crippen molar-refractivity contribution in [3.63, 3.8) is 0 Å². The van der Waals surface area contributed by atoms with Crippen molar-refractivity contribution in [2.24, 2.45) is 10.9 Å². The van der Waals surface area contributed by atoms with Gasteiger partial charge in [-0.15, -0.1) is 0 Å². The van der Waals surface area contributed by atoms with Crippen LogP contribution in [0.15, 0.2) is 40.5 Å². The Kier molecular flexibility index (Phi) is 5.17. The van der Waals surface area contributed by atoms with Gasteiger partial charge in [0.1, 0.15) is 5.03 Å². The lowest BCUT2D eigenvalue weighted by molar-refractivity contribution is 0.279. The summed E-state index contributed by atoms with van der Waals surface area (Å²) in [5, 5.41) is 5.68. The van der Waals surface area contributed by atoms with E-state index in [1.807, 2.05) is 29.2 Å². The Hall–Kier alpha value is -1.95. The van der Waals surface area contributed by atoms with Crippen molar-refractivity contribution in [2.75, 3.05) is 6.26 Å². The number of fused-ring (bicyclic) bond motifs is 1. The summed E-state index contributed by atoms with van der Waals surface area (Å²) in [6, 6.07) is 6.68. The topological polar surface area (TPSA) is 50.0 Å². The summed E-state index contributed by atoms with van der Waals surface area (Å²) >= 11 is 0. The molecule has 1 aliphatic carbocycles. The molecular weight excluding hydrogens is 356 g/mol. The molecule has 2 aromatic heterocycles. The van der Waals surface area contributed by atoms with Crippen molar-refractivity contribution >= 4 is 22.7 Å². The number of rotatable bonds is 5. The first-order chi connectivity index (χ1) is 13.1. The summed E-state index contributed by atoms with van der Waals surface area (Å²) in [5.74, 6) is 0.505. The van der Waals surface area contributed by atoms with Gasteiger partial charge in [0.25, 0.3) is 0 Å². The van der Waals surface area contributed by atoms with Crippen molar-refractivity contribution in [2.45, 2.75) is 63.1 Å². The lowest BCUT2D eigenvalue weighted by Gasteiger charge is -2.35. The van der Waals surface area contributed by atoms with Crippen molar-refractivity contribution < 1.29 is 4.21 Å². The van der Waals surface area contributed by atoms with Crippen molar-refractivity contribution in [3.8, 4) is 0 Å². The van der Waals surface area contributed by atoms with Gasteiger partial charge in [0, 0.05) is 24.1 Å². The molecule has 0 N–H and O–H groups in total. The predicted octanol–water partition coefficient (Wildman–Crippen LogP) is 4.11. The predicted molar refractivity (Wildman–Crippen MR) is 111 cm³/mol. The van der Waals surface area contributed by atoms with Crippen LogP contribution >= 0.6 is 0 Å². The van der Waals surface area contributed by atoms with E-state index in [-0.39, 0.29) is 6.04 Å². The summed E-state index contributed by atoms with van der Waals surface area (Å²) in [7, 11) is -1.08. The van der Waals surface area contributed by atoms with Gasteiger partial charge in [-0.1, -0.05) is 32.8 Å². The minimum atomic E-state index is -1.08. The number of aliphatic imine (C=N–C) groups is 1. The molecule has 4 rings (SSSR count). The lowest BCUT2D eigenvalue weighted by atomic mass is 9.96. The zero-order chi connectivity index (χ0) is 19.0. The van der Waals surface area contributed by atoms with E-state index >= 15 is 0 Å². The van der Waals surface area contributed by atoms with E-state index in [2.05, 4.69) is 35.9 Å². The molecule has 5 nitrogen and oxygen atoms in total. The number of nitrogens with zero attached hydrogens (tertiary/aromatic N) is 4. The Bertz CT molecular complexity index is 908. The third-order valence-corrected chi connectivity index (χ3v) is 6.45. The summed E-state index contributed by atoms with van der Waals surface area (Å²) in [6.45, 7) is 4.44. The van der Waals surface area contributed by atoms with Crippen molar-refractivity contribution in [3.05, 3.63) is 41.7 Å². The first-order valence-corrected chi connectivity index (χ1v) is 11.4. The van der Waals surface area contributed by atoms with Gasteiger partial charge < -0.3 is 4.90 Å². The van der Waals surface area contributed by atoms with E-state index < -0.39 is 10.8 Å². The van der Waals surface area contributed by atoms with E-state index in [1.165, 1.54) is 31.2 Å². The molecule has 0 bridgehead atoms. The molecular formula is C21H28N4OS. The normalized spacial score (nSPS) is 21.6. The molecule has 0 radical (unpaired) electrons. The zero-order valence-corrected chi connectivity index (χ0v) is 17.2. The Labute approximate surface area is 163 Å². The third kappa shape index (κ3) is 3.47. The Morgan fingerprint density at radius 3 is 2.74 bits per heavy atom. The Morgan fingerprint density at radius 1 is 1.26 bits per heavy atom. The molecule has 3 heterocycles. The second kappa shape index (κ2) is 7.58. The maximum Gasteiger partial charge on any atom is 0.129 e. The van der Waals surface area contributed by atoms with Crippen LogP contribution in [0.2, 0.25) is 0 Å². The zero-order valence-electron chi connectivity index (χ0n) is 16.3. The molecule has 1 fully saturated rings. The van der Waals surface area contributed by atoms with Gasteiger partial charge in [0.2, 0.25) is 0 Å². The second-order valence-corrected chi connectivity index (χ2v) is 9.34. The van der Waals surface area contributed by atoms with Crippen LogP contribution in [0.3, 0.4) is 0 Å². The van der Waals surface area contributed by atoms with Crippen molar-refractivity contribution in [1.29, 1.82) is 0 Å². The standard InChI is InChI=1S/C21H28N4OS/c1-15(2)13-17-21(19-9-6-10-20(27(3)26)25(19)23-17)18-11-12-22-14-24(18)16-7-4-5-8-16/h6,9-12,14-16,18H,4-5,7-8,13H2,1-3H3. The molecule has 0 spiro atoms. The first-order valence-electron chi connectivity index (χ1n) is 9.87. The van der Waals surface area contributed by atoms with Gasteiger partial charge in [-0.25, -0.2) is 9.51 Å². The van der Waals surface area contributed by atoms with Crippen LogP contribution in [0.1, 0.15) is 56.8 Å². The minimum absolute atomic E-state index is 0.136. The largest absolute Gasteiger partial charge is 0.349 e. The van der Waals surface area contributed by atoms with E-state index in [4.69, 9.17) is 5.10 Å². The molecule has 1 aliphatic heterocycles. The van der Waals surface area contributed by atoms with Crippen LogP contribution in [-0.4, -0.2) is 37.4 Å². The number of hydrogen-bond acceptors (Lipinski definition) is 4. The third-order valence-electron chi connectivity index (χ3n) is 5.55. The van der Waals surface area contributed by atoms with E-state index in [9.17, 15) is 4.21 Å². The van der Waals surface area contributed by atoms with Crippen LogP contribution in [0.4, 0.5) is 0 Å². The minimum Gasteiger partial charge on any atom is -0.349 e. The average Bonchev–Trinajstić information content (AvgIpc) is 3.28. The monoisotopic (exact) mass is 384 g/mol. The highest BCUT2D eigenvalue weighted by molar-refractivity contribution is 7.84. The molecule has 2 aliphatic rings. The quantitative estimate of drug-likeness (QED) is 0.779. The summed E-state index contributed by atoms with van der Waals surface area (Å²) in [5.41, 5.74) is 3.41. The van der Waals surface area contributed by atoms with Gasteiger partial charge in [-0.2, -0.15) is 5.10 Å². The molecule has 2 aromatic rings. The van der Waals surface area contributed by atoms with Crippen LogP contribution in [-0.2, 0) is 17.2 Å². The van der Waals surface area contributed by atoms with E-state index in [0.717, 1.165) is 22.7 Å². The highest BCUT2D eigenvalue weighted by Crippen LogP contribution is 2.36. The molecule has 0 saturated heterocycles. The molecule has 2 atom stereocenters. The molecule has 0 amide bonds. The summed E-state index contributed by atoms with van der Waals surface area (Å²) < 4.78 is 14.2. The van der Waals surface area contributed by atoms with E-state index in [1.54, 1.807) is 6.26 Å². The lowest BCUT2D eigenvalue weighted by Crippen LogP contribution is -2.36. The molecule has 144 valence electrons. The smallest absolute Gasteiger partial charge is 0.129 e. The van der Waals surface area contributed by atoms with Gasteiger partial charge in [0.05, 0.1) is 34.4 Å². The SMILES string of the molecule is CC(C)Cc1nn2c(S(C)=O)cccc2c1C1C=CN=CN1C1CCCC1. The van der Waals surface area contributed by atoms with Crippen LogP contribution in [0, 0.1) is 5.92 Å². The maximum atomic E-state index is 12.3. The Balaban J connectivity index is 1.87. The first kappa shape index (κ1) is 18.4. The molecule has 6 heteroatoms. The molecule has 0 aromatic carbocycles.